The molecule has 0 radical (unpaired) electrons. The van der Waals surface area contributed by atoms with E-state index >= 15 is 0 Å². The number of fused-ring (bicyclic) bond motifs is 1. The van der Waals surface area contributed by atoms with Crippen molar-refractivity contribution in [2.45, 2.75) is 12.5 Å². The van der Waals surface area contributed by atoms with E-state index in [2.05, 4.69) is 45.2 Å². The minimum atomic E-state index is -0.00947. The van der Waals surface area contributed by atoms with Gasteiger partial charge in [-0.25, -0.2) is 9.97 Å². The Bertz CT molecular complexity index is 1290. The Labute approximate surface area is 186 Å². The second-order valence-corrected chi connectivity index (χ2v) is 7.76. The lowest BCUT2D eigenvalue weighted by molar-refractivity contribution is -0.109. The summed E-state index contributed by atoms with van der Waals surface area (Å²) in [5.41, 5.74) is 5.88. The second-order valence-electron chi connectivity index (χ2n) is 7.76. The molecule has 2 heterocycles. The fourth-order valence-corrected chi connectivity index (χ4v) is 4.16. The number of nitrogens with zero attached hydrogens (tertiary/aromatic N) is 3. The molecule has 1 aliphatic rings. The van der Waals surface area contributed by atoms with Crippen molar-refractivity contribution in [3.63, 3.8) is 0 Å². The van der Waals surface area contributed by atoms with Gasteiger partial charge in [-0.2, -0.15) is 0 Å². The van der Waals surface area contributed by atoms with Crippen LogP contribution >= 0.6 is 0 Å². The lowest BCUT2D eigenvalue weighted by atomic mass is 9.99. The normalized spacial score (nSPS) is 15.3. The number of anilines is 1. The molecule has 1 saturated heterocycles. The summed E-state index contributed by atoms with van der Waals surface area (Å²) in [5.74, 6) is 1.38. The molecule has 0 spiro atoms. The smallest absolute Gasteiger partial charge is 0.161 e. The number of aromatic nitrogens is 2. The fraction of sp³-hybridized carbons (Fsp3) is 0.192. The first-order valence-electron chi connectivity index (χ1n) is 10.5. The summed E-state index contributed by atoms with van der Waals surface area (Å²) in [6.45, 7) is 0.911. The molecule has 32 heavy (non-hydrogen) atoms. The predicted octanol–water partition coefficient (Wildman–Crippen LogP) is 4.76. The van der Waals surface area contributed by atoms with Crippen LogP contribution in [0.5, 0.6) is 11.5 Å². The van der Waals surface area contributed by atoms with Gasteiger partial charge in [-0.3, -0.25) is 0 Å². The van der Waals surface area contributed by atoms with Crippen LogP contribution in [0.4, 0.5) is 5.69 Å². The van der Waals surface area contributed by atoms with E-state index in [0.29, 0.717) is 11.5 Å². The van der Waals surface area contributed by atoms with Crippen LogP contribution in [0.2, 0.25) is 0 Å². The summed E-state index contributed by atoms with van der Waals surface area (Å²) in [7, 11) is 3.26. The van der Waals surface area contributed by atoms with Gasteiger partial charge in [-0.1, -0.05) is 24.3 Å². The number of methoxy groups -OCH3 is 2. The summed E-state index contributed by atoms with van der Waals surface area (Å²) >= 11 is 0. The highest BCUT2D eigenvalue weighted by atomic mass is 16.5. The standard InChI is InChI=1S/C26H23N3O3/c1-31-24-10-6-19(14-25(24)32-2)18-5-9-23-22(13-18)26(28-16-27-23)17-3-7-20(8-4-17)29-12-11-21(29)15-30/h3-10,13-16,21H,11-12H2,1-2H3. The van der Waals surface area contributed by atoms with Crippen molar-refractivity contribution in [1.29, 1.82) is 0 Å². The van der Waals surface area contributed by atoms with Crippen molar-refractivity contribution in [1.82, 2.24) is 9.97 Å². The summed E-state index contributed by atoms with van der Waals surface area (Å²) in [6, 6.07) is 20.3. The van der Waals surface area contributed by atoms with Gasteiger partial charge in [-0.15, -0.1) is 0 Å². The first-order valence-corrected chi connectivity index (χ1v) is 10.5. The monoisotopic (exact) mass is 425 g/mol. The minimum absolute atomic E-state index is 0.00947. The molecule has 1 atom stereocenters. The summed E-state index contributed by atoms with van der Waals surface area (Å²) in [5, 5.41) is 0.974. The third-order valence-corrected chi connectivity index (χ3v) is 6.05. The fourth-order valence-electron chi connectivity index (χ4n) is 4.16. The molecule has 1 fully saturated rings. The maximum absolute atomic E-state index is 11.2. The first kappa shape index (κ1) is 20.0. The average Bonchev–Trinajstić information content (AvgIpc) is 2.83. The highest BCUT2D eigenvalue weighted by molar-refractivity contribution is 5.95. The van der Waals surface area contributed by atoms with Crippen molar-refractivity contribution in [2.24, 2.45) is 0 Å². The average molecular weight is 425 g/mol. The number of hydrogen-bond donors (Lipinski definition) is 0. The molecule has 6 heteroatoms. The number of carbonyl (C=O) groups is 1. The van der Waals surface area contributed by atoms with E-state index in [4.69, 9.17) is 9.47 Å². The topological polar surface area (TPSA) is 64.6 Å². The molecule has 0 aliphatic carbocycles. The van der Waals surface area contributed by atoms with Crippen LogP contribution < -0.4 is 14.4 Å². The number of aldehydes is 1. The Morgan fingerprint density at radius 3 is 2.28 bits per heavy atom. The SMILES string of the molecule is COc1ccc(-c2ccc3ncnc(-c4ccc(N5CCC5C=O)cc4)c3c2)cc1OC. The van der Waals surface area contributed by atoms with Gasteiger partial charge in [0.15, 0.2) is 11.5 Å². The van der Waals surface area contributed by atoms with Crippen molar-refractivity contribution in [3.8, 4) is 33.9 Å². The second kappa shape index (κ2) is 8.30. The van der Waals surface area contributed by atoms with Crippen molar-refractivity contribution in [3.05, 3.63) is 67.0 Å². The molecule has 4 aromatic rings. The van der Waals surface area contributed by atoms with Gasteiger partial charge >= 0.3 is 0 Å². The van der Waals surface area contributed by atoms with Gasteiger partial charge in [0.2, 0.25) is 0 Å². The molecule has 0 amide bonds. The molecule has 0 bridgehead atoms. The molecule has 0 N–H and O–H groups in total. The highest BCUT2D eigenvalue weighted by Crippen LogP contribution is 2.35. The van der Waals surface area contributed by atoms with Crippen LogP contribution in [0.25, 0.3) is 33.3 Å². The summed E-state index contributed by atoms with van der Waals surface area (Å²) in [4.78, 5) is 22.3. The molecule has 3 aromatic carbocycles. The van der Waals surface area contributed by atoms with Gasteiger partial charge in [-0.05, 0) is 53.9 Å². The Hall–Kier alpha value is -3.93. The van der Waals surface area contributed by atoms with Gasteiger partial charge in [0.25, 0.3) is 0 Å². The first-order chi connectivity index (χ1) is 15.7. The van der Waals surface area contributed by atoms with Gasteiger partial charge in [0.1, 0.15) is 12.6 Å². The van der Waals surface area contributed by atoms with Crippen LogP contribution in [-0.2, 0) is 4.79 Å². The van der Waals surface area contributed by atoms with Crippen LogP contribution in [0, 0.1) is 0 Å². The van der Waals surface area contributed by atoms with E-state index in [1.165, 1.54) is 0 Å². The van der Waals surface area contributed by atoms with E-state index in [0.717, 1.165) is 58.2 Å². The number of hydrogen-bond acceptors (Lipinski definition) is 6. The molecule has 160 valence electrons. The van der Waals surface area contributed by atoms with E-state index in [9.17, 15) is 4.79 Å². The van der Waals surface area contributed by atoms with Gasteiger partial charge in [0, 0.05) is 23.2 Å². The van der Waals surface area contributed by atoms with E-state index in [1.807, 2.05) is 30.3 Å². The maximum atomic E-state index is 11.2. The predicted molar refractivity (Wildman–Crippen MR) is 125 cm³/mol. The third kappa shape index (κ3) is 3.43. The van der Waals surface area contributed by atoms with Crippen LogP contribution in [0.3, 0.4) is 0 Å². The zero-order valence-electron chi connectivity index (χ0n) is 18.0. The van der Waals surface area contributed by atoms with E-state index < -0.39 is 0 Å². The van der Waals surface area contributed by atoms with Crippen LogP contribution in [0.15, 0.2) is 67.0 Å². The Morgan fingerprint density at radius 1 is 0.875 bits per heavy atom. The van der Waals surface area contributed by atoms with E-state index in [-0.39, 0.29) is 6.04 Å². The number of benzene rings is 3. The van der Waals surface area contributed by atoms with Gasteiger partial charge in [0.05, 0.1) is 31.5 Å². The molecule has 0 saturated carbocycles. The lowest BCUT2D eigenvalue weighted by Gasteiger charge is -2.39. The van der Waals surface area contributed by atoms with Crippen molar-refractivity contribution >= 4 is 22.9 Å². The lowest BCUT2D eigenvalue weighted by Crippen LogP contribution is -2.48. The number of rotatable bonds is 6. The number of ether oxygens (including phenoxy) is 2. The molecular formula is C26H23N3O3. The molecule has 6 nitrogen and oxygen atoms in total. The molecular weight excluding hydrogens is 402 g/mol. The molecule has 1 aromatic heterocycles. The Kier molecular flexibility index (Phi) is 5.19. The zero-order valence-corrected chi connectivity index (χ0v) is 18.0. The Morgan fingerprint density at radius 2 is 1.59 bits per heavy atom. The van der Waals surface area contributed by atoms with Crippen molar-refractivity contribution in [2.75, 3.05) is 25.7 Å². The molecule has 1 aliphatic heterocycles. The van der Waals surface area contributed by atoms with Gasteiger partial charge < -0.3 is 19.2 Å². The molecule has 1 unspecified atom stereocenters. The highest BCUT2D eigenvalue weighted by Gasteiger charge is 2.27. The molecule has 5 rings (SSSR count). The summed E-state index contributed by atoms with van der Waals surface area (Å²) in [6.07, 6.45) is 3.53. The quantitative estimate of drug-likeness (QED) is 0.415. The summed E-state index contributed by atoms with van der Waals surface area (Å²) < 4.78 is 10.8. The van der Waals surface area contributed by atoms with Crippen molar-refractivity contribution < 1.29 is 14.3 Å². The Balaban J connectivity index is 1.54. The third-order valence-electron chi connectivity index (χ3n) is 6.05. The maximum Gasteiger partial charge on any atom is 0.161 e. The minimum Gasteiger partial charge on any atom is -0.493 e. The van der Waals surface area contributed by atoms with Crippen LogP contribution in [-0.4, -0.2) is 43.1 Å². The van der Waals surface area contributed by atoms with Crippen LogP contribution in [0.1, 0.15) is 6.42 Å². The largest absolute Gasteiger partial charge is 0.493 e. The van der Waals surface area contributed by atoms with E-state index in [1.54, 1.807) is 20.5 Å². The zero-order chi connectivity index (χ0) is 22.1. The number of carbonyl (C=O) groups excluding carboxylic acids is 1.